The predicted molar refractivity (Wildman–Crippen MR) is 96.6 cm³/mol. The molecular weight excluding hydrogens is 318 g/mol. The number of hydrogen-bond donors (Lipinski definition) is 2. The van der Waals surface area contributed by atoms with Crippen molar-refractivity contribution in [1.29, 1.82) is 0 Å². The van der Waals surface area contributed by atoms with Crippen molar-refractivity contribution in [3.63, 3.8) is 0 Å². The molecule has 1 aliphatic rings. The van der Waals surface area contributed by atoms with Gasteiger partial charge in [-0.25, -0.2) is 4.79 Å². The molecule has 0 aliphatic heterocycles. The summed E-state index contributed by atoms with van der Waals surface area (Å²) in [6.07, 6.45) is 0.951. The molecule has 0 radical (unpaired) electrons. The number of benzene rings is 1. The topological polar surface area (TPSA) is 68.3 Å². The van der Waals surface area contributed by atoms with Crippen LogP contribution in [0.15, 0.2) is 30.8 Å². The van der Waals surface area contributed by atoms with Crippen molar-refractivity contribution in [2.24, 2.45) is 0 Å². The Morgan fingerprint density at radius 3 is 2.76 bits per heavy atom. The summed E-state index contributed by atoms with van der Waals surface area (Å²) in [5, 5.41) is 6.08. The third kappa shape index (κ3) is 3.73. The molecule has 1 aliphatic carbocycles. The molecule has 6 nitrogen and oxygen atoms in total. The summed E-state index contributed by atoms with van der Waals surface area (Å²) in [4.78, 5) is 11.9. The van der Waals surface area contributed by atoms with Crippen molar-refractivity contribution in [1.82, 2.24) is 15.1 Å². The van der Waals surface area contributed by atoms with Crippen LogP contribution >= 0.6 is 0 Å². The van der Waals surface area contributed by atoms with Crippen LogP contribution in [0.25, 0.3) is 5.57 Å². The van der Waals surface area contributed by atoms with Crippen molar-refractivity contribution in [3.8, 4) is 5.75 Å². The van der Waals surface area contributed by atoms with Crippen molar-refractivity contribution in [2.45, 2.75) is 45.4 Å². The quantitative estimate of drug-likeness (QED) is 0.866. The van der Waals surface area contributed by atoms with Crippen molar-refractivity contribution >= 4 is 11.7 Å². The third-order valence-corrected chi connectivity index (χ3v) is 4.30. The number of aromatic amines is 1. The number of nitrogens with zero attached hydrogens (tertiary/aromatic N) is 1. The molecule has 3 rings (SSSR count). The van der Waals surface area contributed by atoms with E-state index in [1.54, 1.807) is 7.11 Å². The van der Waals surface area contributed by atoms with E-state index >= 15 is 0 Å². The van der Waals surface area contributed by atoms with Crippen LogP contribution in [0.3, 0.4) is 0 Å². The number of hydrogen-bond acceptors (Lipinski definition) is 3. The van der Waals surface area contributed by atoms with E-state index in [2.05, 4.69) is 21.7 Å². The number of amides is 1. The Bertz CT molecular complexity index is 755. The molecule has 0 fully saturated rings. The van der Waals surface area contributed by atoms with Gasteiger partial charge in [0.05, 0.1) is 25.0 Å². The fraction of sp³-hybridized carbons (Fsp3) is 0.421. The monoisotopic (exact) mass is 343 g/mol. The van der Waals surface area contributed by atoms with Gasteiger partial charge in [0.2, 0.25) is 0 Å². The van der Waals surface area contributed by atoms with Gasteiger partial charge >= 0.3 is 6.09 Å². The van der Waals surface area contributed by atoms with E-state index in [0.29, 0.717) is 6.54 Å². The van der Waals surface area contributed by atoms with E-state index in [0.717, 1.165) is 41.1 Å². The number of ether oxygens (including phenoxy) is 2. The molecule has 25 heavy (non-hydrogen) atoms. The molecule has 0 unspecified atom stereocenters. The normalized spacial score (nSPS) is 16.6. The van der Waals surface area contributed by atoms with E-state index in [9.17, 15) is 4.79 Å². The van der Waals surface area contributed by atoms with Gasteiger partial charge < -0.3 is 14.8 Å². The second-order valence-electron chi connectivity index (χ2n) is 6.64. The number of allylic oxidation sites excluding steroid dienone is 1. The summed E-state index contributed by atoms with van der Waals surface area (Å²) in [5.41, 5.74) is 4.24. The van der Waals surface area contributed by atoms with Gasteiger partial charge in [0, 0.05) is 6.04 Å². The first-order valence-corrected chi connectivity index (χ1v) is 8.54. The van der Waals surface area contributed by atoms with E-state index in [1.807, 2.05) is 38.1 Å². The Labute approximate surface area is 147 Å². The summed E-state index contributed by atoms with van der Waals surface area (Å²) in [6.45, 7) is 8.70. The van der Waals surface area contributed by atoms with Crippen LogP contribution in [-0.2, 0) is 11.3 Å². The smallest absolute Gasteiger partial charge is 0.407 e. The molecule has 1 aromatic carbocycles. The van der Waals surface area contributed by atoms with Crippen LogP contribution < -0.4 is 10.1 Å². The maximum atomic E-state index is 11.9. The zero-order chi connectivity index (χ0) is 18.0. The highest BCUT2D eigenvalue weighted by atomic mass is 16.6. The molecule has 1 atom stereocenters. The number of carbonyl (C=O) groups is 1. The number of H-pyrrole nitrogens is 1. The highest BCUT2D eigenvalue weighted by Gasteiger charge is 2.31. The number of nitrogens with one attached hydrogen (secondary N) is 2. The zero-order valence-corrected chi connectivity index (χ0v) is 15.0. The predicted octanol–water partition coefficient (Wildman–Crippen LogP) is 3.86. The van der Waals surface area contributed by atoms with E-state index < -0.39 is 0 Å². The average molecular weight is 343 g/mol. The van der Waals surface area contributed by atoms with Gasteiger partial charge in [0.15, 0.2) is 0 Å². The van der Waals surface area contributed by atoms with Crippen molar-refractivity contribution < 1.29 is 14.3 Å². The number of rotatable bonds is 5. The Kier molecular flexibility index (Phi) is 4.88. The number of methoxy groups -OCH3 is 1. The zero-order valence-electron chi connectivity index (χ0n) is 15.0. The van der Waals surface area contributed by atoms with Gasteiger partial charge in [-0.2, -0.15) is 0 Å². The second kappa shape index (κ2) is 7.09. The number of fused-ring (bicyclic) bond motifs is 1. The molecule has 1 heterocycles. The summed E-state index contributed by atoms with van der Waals surface area (Å²) < 4.78 is 12.8. The first-order valence-electron chi connectivity index (χ1n) is 8.54. The van der Waals surface area contributed by atoms with Gasteiger partial charge in [-0.05, 0) is 50.0 Å². The molecule has 1 aromatic heterocycles. The SMILES string of the molecule is C=C1CC[C@@H](OC(=O)NC(C)C)c2[nH]n(Cc3ccc(OC)cc3)c21. The third-order valence-electron chi connectivity index (χ3n) is 4.30. The minimum absolute atomic E-state index is 0.0560. The Balaban J connectivity index is 1.71. The van der Waals surface area contributed by atoms with Crippen LogP contribution in [0, 0.1) is 0 Å². The van der Waals surface area contributed by atoms with Crippen LogP contribution in [0.5, 0.6) is 5.75 Å². The maximum Gasteiger partial charge on any atom is 0.407 e. The van der Waals surface area contributed by atoms with E-state index in [4.69, 9.17) is 9.47 Å². The standard InChI is InChI=1S/C19H25N3O3/c1-12(2)20-19(23)25-16-10-5-13(3)18-17(16)21-22(18)11-14-6-8-15(24-4)9-7-14/h6-9,12,16,21H,3,5,10-11H2,1-2,4H3,(H,20,23)/t16-/m1/s1. The van der Waals surface area contributed by atoms with Crippen LogP contribution in [0.2, 0.25) is 0 Å². The fourth-order valence-corrected chi connectivity index (χ4v) is 3.07. The first kappa shape index (κ1) is 17.2. The molecule has 1 amide bonds. The summed E-state index contributed by atoms with van der Waals surface area (Å²) in [7, 11) is 1.66. The first-order chi connectivity index (χ1) is 12.0. The van der Waals surface area contributed by atoms with Crippen LogP contribution in [-0.4, -0.2) is 29.0 Å². The minimum atomic E-state index is -0.380. The maximum absolute atomic E-state index is 11.9. The van der Waals surface area contributed by atoms with Gasteiger partial charge in [0.25, 0.3) is 0 Å². The lowest BCUT2D eigenvalue weighted by Crippen LogP contribution is -2.34. The van der Waals surface area contributed by atoms with Crippen molar-refractivity contribution in [2.75, 3.05) is 7.11 Å². The molecule has 0 bridgehead atoms. The molecule has 6 heteroatoms. The molecule has 134 valence electrons. The largest absolute Gasteiger partial charge is 0.497 e. The van der Waals surface area contributed by atoms with Crippen LogP contribution in [0.4, 0.5) is 4.79 Å². The van der Waals surface area contributed by atoms with E-state index in [1.165, 1.54) is 0 Å². The second-order valence-corrected chi connectivity index (χ2v) is 6.64. The van der Waals surface area contributed by atoms with Gasteiger partial charge in [0.1, 0.15) is 11.9 Å². The molecule has 0 saturated heterocycles. The van der Waals surface area contributed by atoms with Gasteiger partial charge in [-0.15, -0.1) is 0 Å². The lowest BCUT2D eigenvalue weighted by atomic mass is 9.92. The van der Waals surface area contributed by atoms with Crippen LogP contribution in [0.1, 0.15) is 49.7 Å². The Hall–Kier alpha value is -2.63. The molecule has 2 aromatic rings. The Morgan fingerprint density at radius 1 is 1.40 bits per heavy atom. The van der Waals surface area contributed by atoms with Crippen molar-refractivity contribution in [3.05, 3.63) is 47.8 Å². The molecule has 2 N–H and O–H groups in total. The van der Waals surface area contributed by atoms with Gasteiger partial charge in [-0.1, -0.05) is 18.7 Å². The van der Waals surface area contributed by atoms with E-state index in [-0.39, 0.29) is 18.2 Å². The minimum Gasteiger partial charge on any atom is -0.497 e. The summed E-state index contributed by atoms with van der Waals surface area (Å²) >= 11 is 0. The molecule has 0 spiro atoms. The Morgan fingerprint density at radius 2 is 2.12 bits per heavy atom. The highest BCUT2D eigenvalue weighted by Crippen LogP contribution is 2.39. The number of aromatic nitrogens is 2. The fourth-order valence-electron chi connectivity index (χ4n) is 3.07. The lowest BCUT2D eigenvalue weighted by molar-refractivity contribution is 0.0826. The van der Waals surface area contributed by atoms with Gasteiger partial charge in [-0.3, -0.25) is 9.78 Å². The summed E-state index contributed by atoms with van der Waals surface area (Å²) in [5.74, 6) is 0.840. The lowest BCUT2D eigenvalue weighted by Gasteiger charge is -2.33. The highest BCUT2D eigenvalue weighted by molar-refractivity contribution is 5.70. The number of carbonyl (C=O) groups excluding carboxylic acids is 1. The summed E-state index contributed by atoms with van der Waals surface area (Å²) in [6, 6.07) is 8.02. The molecule has 0 saturated carbocycles. The molecular formula is C19H25N3O3. The average Bonchev–Trinajstić information content (AvgIpc) is 2.54. The number of alkyl carbamates (subject to hydrolysis) is 1.